The second-order valence-electron chi connectivity index (χ2n) is 24.5. The van der Waals surface area contributed by atoms with Crippen LogP contribution in [-0.4, -0.2) is 96.7 Å². The fraction of sp³-hybridized carbons (Fsp3) is 0.938. The van der Waals surface area contributed by atoms with Gasteiger partial charge in [-0.3, -0.25) is 37.3 Å². The van der Waals surface area contributed by atoms with Crippen LogP contribution >= 0.6 is 15.6 Å². The fourth-order valence-electron chi connectivity index (χ4n) is 9.59. The Morgan fingerprint density at radius 2 is 0.607 bits per heavy atom. The highest BCUT2D eigenvalue weighted by Gasteiger charge is 2.30. The minimum atomic E-state index is -4.95. The molecule has 498 valence electrons. The highest BCUT2D eigenvalue weighted by Crippen LogP contribution is 2.45. The number of aliphatic hydroxyl groups is 1. The summed E-state index contributed by atoms with van der Waals surface area (Å²) in [5.74, 6) is 0.140. The quantitative estimate of drug-likeness (QED) is 0.0222. The molecule has 19 heteroatoms. The molecule has 0 aliphatic carbocycles. The zero-order valence-electron chi connectivity index (χ0n) is 54.4. The number of carbonyl (C=O) groups excluding carboxylic acids is 4. The second-order valence-corrected chi connectivity index (χ2v) is 27.4. The van der Waals surface area contributed by atoms with Crippen LogP contribution in [0, 0.1) is 17.8 Å². The van der Waals surface area contributed by atoms with Gasteiger partial charge in [-0.15, -0.1) is 0 Å². The van der Waals surface area contributed by atoms with Gasteiger partial charge in [0.05, 0.1) is 26.4 Å². The van der Waals surface area contributed by atoms with Crippen molar-refractivity contribution >= 4 is 39.5 Å². The zero-order valence-corrected chi connectivity index (χ0v) is 56.1. The first-order chi connectivity index (χ1) is 40.3. The average Bonchev–Trinajstić information content (AvgIpc) is 3.60. The molecule has 7 atom stereocenters. The number of unbranched alkanes of at least 4 members (excludes halogenated alkanes) is 29. The van der Waals surface area contributed by atoms with Crippen molar-refractivity contribution in [3.05, 3.63) is 0 Å². The lowest BCUT2D eigenvalue weighted by Crippen LogP contribution is -2.30. The SMILES string of the molecule is CCCCCCCCCC(=O)OC[C@H](COP(=O)(O)OC[C@H](O)COP(=O)(O)OC[C@@H](COC(=O)CCCCCCCCCCCCC(C)CC)OC(=O)CCCCCCCCCCCCC(C)CC)OC(=O)CCCCCCCCC(C)C. The van der Waals surface area contributed by atoms with Crippen LogP contribution in [0.5, 0.6) is 0 Å². The van der Waals surface area contributed by atoms with Crippen molar-refractivity contribution in [2.45, 2.75) is 336 Å². The molecule has 0 heterocycles. The average molecular weight is 1240 g/mol. The lowest BCUT2D eigenvalue weighted by molar-refractivity contribution is -0.161. The van der Waals surface area contributed by atoms with Crippen molar-refractivity contribution < 1.29 is 80.2 Å². The summed E-state index contributed by atoms with van der Waals surface area (Å²) >= 11 is 0. The maximum absolute atomic E-state index is 13.0. The maximum Gasteiger partial charge on any atom is 0.472 e. The monoisotopic (exact) mass is 1240 g/mol. The molecule has 0 aromatic carbocycles. The van der Waals surface area contributed by atoms with Gasteiger partial charge < -0.3 is 33.8 Å². The van der Waals surface area contributed by atoms with E-state index in [0.29, 0.717) is 31.6 Å². The molecule has 84 heavy (non-hydrogen) atoms. The summed E-state index contributed by atoms with van der Waals surface area (Å²) in [6, 6.07) is 0. The van der Waals surface area contributed by atoms with E-state index in [0.717, 1.165) is 115 Å². The molecule has 0 radical (unpaired) electrons. The predicted octanol–water partition coefficient (Wildman–Crippen LogP) is 17.9. The van der Waals surface area contributed by atoms with Gasteiger partial charge in [0.1, 0.15) is 19.3 Å². The van der Waals surface area contributed by atoms with Gasteiger partial charge in [0.15, 0.2) is 12.2 Å². The molecule has 0 amide bonds. The third-order valence-corrected chi connectivity index (χ3v) is 17.5. The van der Waals surface area contributed by atoms with Gasteiger partial charge in [0.2, 0.25) is 0 Å². The van der Waals surface area contributed by atoms with Gasteiger partial charge in [0.25, 0.3) is 0 Å². The minimum Gasteiger partial charge on any atom is -0.462 e. The van der Waals surface area contributed by atoms with Crippen LogP contribution in [0.2, 0.25) is 0 Å². The van der Waals surface area contributed by atoms with Crippen LogP contribution in [0.4, 0.5) is 0 Å². The molecule has 0 aliphatic heterocycles. The van der Waals surface area contributed by atoms with Crippen LogP contribution in [0.3, 0.4) is 0 Å². The molecule has 0 spiro atoms. The highest BCUT2D eigenvalue weighted by atomic mass is 31.2. The van der Waals surface area contributed by atoms with E-state index in [4.69, 9.17) is 37.0 Å². The lowest BCUT2D eigenvalue weighted by atomic mass is 9.99. The number of carbonyl (C=O) groups is 4. The maximum atomic E-state index is 13.0. The second kappa shape index (κ2) is 56.3. The van der Waals surface area contributed by atoms with Crippen LogP contribution in [0.15, 0.2) is 0 Å². The molecule has 4 unspecified atom stereocenters. The predicted molar refractivity (Wildman–Crippen MR) is 335 cm³/mol. The van der Waals surface area contributed by atoms with Crippen molar-refractivity contribution in [1.82, 2.24) is 0 Å². The first-order valence-electron chi connectivity index (χ1n) is 33.9. The molecule has 17 nitrogen and oxygen atoms in total. The zero-order chi connectivity index (χ0) is 62.4. The number of ether oxygens (including phenoxy) is 4. The Kier molecular flexibility index (Phi) is 55.0. The number of hydrogen-bond donors (Lipinski definition) is 3. The summed E-state index contributed by atoms with van der Waals surface area (Å²) in [5.41, 5.74) is 0. The molecule has 3 N–H and O–H groups in total. The third kappa shape index (κ3) is 56.6. The first-order valence-corrected chi connectivity index (χ1v) is 36.9. The van der Waals surface area contributed by atoms with Gasteiger partial charge in [0, 0.05) is 25.7 Å². The molecule has 0 rings (SSSR count). The summed E-state index contributed by atoms with van der Waals surface area (Å²) in [6.07, 6.45) is 37.7. The van der Waals surface area contributed by atoms with E-state index in [9.17, 15) is 43.2 Å². The lowest BCUT2D eigenvalue weighted by Gasteiger charge is -2.21. The molecule has 0 fully saturated rings. The fourth-order valence-corrected chi connectivity index (χ4v) is 11.2. The number of aliphatic hydroxyl groups excluding tert-OH is 1. The number of esters is 4. The number of phosphoric acid groups is 2. The van der Waals surface area contributed by atoms with Gasteiger partial charge in [-0.1, -0.05) is 267 Å². The van der Waals surface area contributed by atoms with Crippen molar-refractivity contribution in [2.24, 2.45) is 17.8 Å². The van der Waals surface area contributed by atoms with Gasteiger partial charge in [-0.25, -0.2) is 9.13 Å². The molecular formula is C65H126O17P2. The largest absolute Gasteiger partial charge is 0.472 e. The molecule has 0 saturated carbocycles. The Balaban J connectivity index is 5.22. The van der Waals surface area contributed by atoms with Crippen LogP contribution in [-0.2, 0) is 65.4 Å². The topological polar surface area (TPSA) is 237 Å². The van der Waals surface area contributed by atoms with E-state index in [1.54, 1.807) is 0 Å². The highest BCUT2D eigenvalue weighted by molar-refractivity contribution is 7.47. The van der Waals surface area contributed by atoms with Gasteiger partial charge >= 0.3 is 39.5 Å². The van der Waals surface area contributed by atoms with E-state index in [2.05, 4.69) is 48.5 Å². The van der Waals surface area contributed by atoms with Crippen molar-refractivity contribution in [2.75, 3.05) is 39.6 Å². The van der Waals surface area contributed by atoms with E-state index >= 15 is 0 Å². The van der Waals surface area contributed by atoms with Gasteiger partial charge in [-0.05, 0) is 43.4 Å². The van der Waals surface area contributed by atoms with Crippen molar-refractivity contribution in [3.8, 4) is 0 Å². The minimum absolute atomic E-state index is 0.101. The van der Waals surface area contributed by atoms with E-state index < -0.39 is 97.5 Å². The van der Waals surface area contributed by atoms with Crippen molar-refractivity contribution in [3.63, 3.8) is 0 Å². The van der Waals surface area contributed by atoms with Gasteiger partial charge in [-0.2, -0.15) is 0 Å². The Hall–Kier alpha value is -1.94. The Bertz CT molecular complexity index is 1670. The molecular weight excluding hydrogens is 1110 g/mol. The first kappa shape index (κ1) is 82.1. The smallest absolute Gasteiger partial charge is 0.462 e. The Morgan fingerprint density at radius 3 is 0.905 bits per heavy atom. The van der Waals surface area contributed by atoms with Crippen molar-refractivity contribution in [1.29, 1.82) is 0 Å². The number of rotatable bonds is 63. The van der Waals surface area contributed by atoms with Crippen LogP contribution in [0.25, 0.3) is 0 Å². The molecule has 0 saturated heterocycles. The van der Waals surface area contributed by atoms with E-state index in [-0.39, 0.29) is 25.7 Å². The molecule has 0 aromatic heterocycles. The molecule has 0 bridgehead atoms. The van der Waals surface area contributed by atoms with E-state index in [1.165, 1.54) is 116 Å². The number of hydrogen-bond acceptors (Lipinski definition) is 15. The number of phosphoric ester groups is 2. The summed E-state index contributed by atoms with van der Waals surface area (Å²) in [6.45, 7) is 11.7. The third-order valence-electron chi connectivity index (χ3n) is 15.6. The summed E-state index contributed by atoms with van der Waals surface area (Å²) in [7, 11) is -9.89. The Labute approximate surface area is 511 Å². The summed E-state index contributed by atoms with van der Waals surface area (Å²) < 4.78 is 67.9. The standard InChI is InChI=1S/C65H126O17P2/c1-8-11-12-13-22-32-39-46-62(67)75-52-61(82-65(70)49-42-35-28-27-29-36-43-56(4)5)55-80-84(73,74)78-51-59(66)50-77-83(71,72)79-54-60(81-64(69)48-41-34-26-21-17-15-19-24-31-38-45-58(7)10-3)53-76-63(68)47-40-33-25-20-16-14-18-23-30-37-44-57(6)9-2/h56-61,66H,8-55H2,1-7H3,(H,71,72)(H,73,74)/t57?,58?,59-,60-,61-/m1/s1. The summed E-state index contributed by atoms with van der Waals surface area (Å²) in [5, 5.41) is 10.5. The van der Waals surface area contributed by atoms with E-state index in [1.807, 2.05) is 0 Å². The molecule has 0 aromatic rings. The van der Waals surface area contributed by atoms with Crippen LogP contribution in [0.1, 0.15) is 318 Å². The summed E-state index contributed by atoms with van der Waals surface area (Å²) in [4.78, 5) is 72.1. The normalized spacial score (nSPS) is 15.0. The Morgan fingerprint density at radius 1 is 0.345 bits per heavy atom. The van der Waals surface area contributed by atoms with Crippen LogP contribution < -0.4 is 0 Å². The molecule has 0 aliphatic rings.